The van der Waals surface area contributed by atoms with Gasteiger partial charge in [-0.1, -0.05) is 19.1 Å². The third kappa shape index (κ3) is 3.48. The molecule has 1 aliphatic rings. The van der Waals surface area contributed by atoms with E-state index in [9.17, 15) is 4.79 Å². The van der Waals surface area contributed by atoms with Gasteiger partial charge in [-0.05, 0) is 42.9 Å². The third-order valence-electron chi connectivity index (χ3n) is 3.36. The minimum absolute atomic E-state index is 0.165. The van der Waals surface area contributed by atoms with Crippen LogP contribution in [-0.4, -0.2) is 11.9 Å². The predicted molar refractivity (Wildman–Crippen MR) is 69.5 cm³/mol. The fourth-order valence-electron chi connectivity index (χ4n) is 2.26. The second kappa shape index (κ2) is 5.21. The van der Waals surface area contributed by atoms with E-state index in [1.165, 1.54) is 0 Å². The van der Waals surface area contributed by atoms with E-state index in [0.29, 0.717) is 12.5 Å². The second-order valence-corrected chi connectivity index (χ2v) is 5.08. The highest BCUT2D eigenvalue weighted by molar-refractivity contribution is 5.76. The van der Waals surface area contributed by atoms with Crippen molar-refractivity contribution in [3.63, 3.8) is 0 Å². The Labute approximate surface area is 102 Å². The van der Waals surface area contributed by atoms with E-state index in [0.717, 1.165) is 36.4 Å². The molecular weight excluding hydrogens is 212 g/mol. The van der Waals surface area contributed by atoms with E-state index in [4.69, 9.17) is 5.73 Å². The maximum absolute atomic E-state index is 11.7. The molecule has 1 aromatic rings. The smallest absolute Gasteiger partial charge is 0.220 e. The molecule has 0 saturated heterocycles. The SMILES string of the molecule is CC1CC(NC(=O)CCc2ccc(N)cc2)C1. The fourth-order valence-corrected chi connectivity index (χ4v) is 2.26. The topological polar surface area (TPSA) is 55.1 Å². The molecule has 17 heavy (non-hydrogen) atoms. The van der Waals surface area contributed by atoms with Gasteiger partial charge in [-0.25, -0.2) is 0 Å². The number of nitrogens with two attached hydrogens (primary N) is 1. The number of nitrogen functional groups attached to an aromatic ring is 1. The summed E-state index contributed by atoms with van der Waals surface area (Å²) in [6, 6.07) is 8.13. The maximum Gasteiger partial charge on any atom is 0.220 e. The first-order valence-electron chi connectivity index (χ1n) is 6.27. The van der Waals surface area contributed by atoms with Gasteiger partial charge in [0.05, 0.1) is 0 Å². The van der Waals surface area contributed by atoms with Gasteiger partial charge in [-0.2, -0.15) is 0 Å². The molecule has 1 aromatic carbocycles. The molecule has 92 valence electrons. The summed E-state index contributed by atoms with van der Waals surface area (Å²) in [6.45, 7) is 2.22. The molecule has 1 saturated carbocycles. The van der Waals surface area contributed by atoms with Gasteiger partial charge in [0.15, 0.2) is 0 Å². The van der Waals surface area contributed by atoms with Crippen molar-refractivity contribution >= 4 is 11.6 Å². The molecule has 0 heterocycles. The molecule has 0 bridgehead atoms. The highest BCUT2D eigenvalue weighted by atomic mass is 16.1. The summed E-state index contributed by atoms with van der Waals surface area (Å²) in [5, 5.41) is 3.06. The van der Waals surface area contributed by atoms with Gasteiger partial charge >= 0.3 is 0 Å². The van der Waals surface area contributed by atoms with Crippen molar-refractivity contribution in [2.75, 3.05) is 5.73 Å². The average molecular weight is 232 g/mol. The number of benzene rings is 1. The van der Waals surface area contributed by atoms with Gasteiger partial charge in [0.2, 0.25) is 5.91 Å². The summed E-state index contributed by atoms with van der Waals surface area (Å²) in [7, 11) is 0. The maximum atomic E-state index is 11.7. The Morgan fingerprint density at radius 1 is 1.35 bits per heavy atom. The van der Waals surface area contributed by atoms with Crippen molar-refractivity contribution in [1.29, 1.82) is 0 Å². The van der Waals surface area contributed by atoms with Crippen LogP contribution >= 0.6 is 0 Å². The van der Waals surface area contributed by atoms with Crippen LogP contribution in [0, 0.1) is 5.92 Å². The van der Waals surface area contributed by atoms with Crippen LogP contribution in [0.2, 0.25) is 0 Å². The van der Waals surface area contributed by atoms with Gasteiger partial charge in [-0.3, -0.25) is 4.79 Å². The molecule has 3 nitrogen and oxygen atoms in total. The van der Waals surface area contributed by atoms with Crippen LogP contribution < -0.4 is 11.1 Å². The van der Waals surface area contributed by atoms with Gasteiger partial charge < -0.3 is 11.1 Å². The number of hydrogen-bond donors (Lipinski definition) is 2. The quantitative estimate of drug-likeness (QED) is 0.781. The standard InChI is InChI=1S/C14H20N2O/c1-10-8-13(9-10)16-14(17)7-4-11-2-5-12(15)6-3-11/h2-3,5-6,10,13H,4,7-9,15H2,1H3,(H,16,17). The number of rotatable bonds is 4. The Kier molecular flexibility index (Phi) is 3.67. The fraction of sp³-hybridized carbons (Fsp3) is 0.500. The number of carbonyl (C=O) groups excluding carboxylic acids is 1. The molecule has 0 radical (unpaired) electrons. The van der Waals surface area contributed by atoms with Crippen molar-refractivity contribution in [2.45, 2.75) is 38.6 Å². The van der Waals surface area contributed by atoms with E-state index in [1.54, 1.807) is 0 Å². The largest absolute Gasteiger partial charge is 0.399 e. The van der Waals surface area contributed by atoms with E-state index in [2.05, 4.69) is 12.2 Å². The first-order chi connectivity index (χ1) is 8.13. The van der Waals surface area contributed by atoms with Gasteiger partial charge in [-0.15, -0.1) is 0 Å². The normalized spacial score (nSPS) is 22.9. The van der Waals surface area contributed by atoms with Crippen LogP contribution in [-0.2, 0) is 11.2 Å². The Bertz CT molecular complexity index is 380. The zero-order valence-electron chi connectivity index (χ0n) is 10.3. The molecule has 0 aromatic heterocycles. The lowest BCUT2D eigenvalue weighted by Crippen LogP contribution is -2.43. The Morgan fingerprint density at radius 2 is 2.00 bits per heavy atom. The van der Waals surface area contributed by atoms with Crippen molar-refractivity contribution < 1.29 is 4.79 Å². The van der Waals surface area contributed by atoms with Crippen LogP contribution in [0.4, 0.5) is 5.69 Å². The third-order valence-corrected chi connectivity index (χ3v) is 3.36. The van der Waals surface area contributed by atoms with Crippen LogP contribution in [0.25, 0.3) is 0 Å². The van der Waals surface area contributed by atoms with E-state index < -0.39 is 0 Å². The predicted octanol–water partition coefficient (Wildman–Crippen LogP) is 2.12. The lowest BCUT2D eigenvalue weighted by Gasteiger charge is -2.33. The monoisotopic (exact) mass is 232 g/mol. The summed E-state index contributed by atoms with van der Waals surface area (Å²) < 4.78 is 0. The molecule has 0 aliphatic heterocycles. The summed E-state index contributed by atoms with van der Waals surface area (Å²) in [4.78, 5) is 11.7. The zero-order valence-corrected chi connectivity index (χ0v) is 10.3. The number of carbonyl (C=O) groups is 1. The molecule has 0 unspecified atom stereocenters. The number of aryl methyl sites for hydroxylation is 1. The van der Waals surface area contributed by atoms with Crippen molar-refractivity contribution in [1.82, 2.24) is 5.32 Å². The van der Waals surface area contributed by atoms with E-state index in [-0.39, 0.29) is 5.91 Å². The van der Waals surface area contributed by atoms with Gasteiger partial charge in [0, 0.05) is 18.2 Å². The highest BCUT2D eigenvalue weighted by Crippen LogP contribution is 2.26. The molecule has 1 amide bonds. The lowest BCUT2D eigenvalue weighted by molar-refractivity contribution is -0.122. The number of amides is 1. The molecular formula is C14H20N2O. The minimum Gasteiger partial charge on any atom is -0.399 e. The molecule has 1 aliphatic carbocycles. The molecule has 3 N–H and O–H groups in total. The summed E-state index contributed by atoms with van der Waals surface area (Å²) in [5.41, 5.74) is 7.54. The Morgan fingerprint density at radius 3 is 2.59 bits per heavy atom. The second-order valence-electron chi connectivity index (χ2n) is 5.08. The number of anilines is 1. The molecule has 1 fully saturated rings. The first kappa shape index (κ1) is 12.0. The molecule has 0 spiro atoms. The molecule has 2 rings (SSSR count). The van der Waals surface area contributed by atoms with Crippen LogP contribution in [0.15, 0.2) is 24.3 Å². The summed E-state index contributed by atoms with van der Waals surface area (Å²) >= 11 is 0. The van der Waals surface area contributed by atoms with Crippen molar-refractivity contribution in [2.24, 2.45) is 5.92 Å². The molecule has 0 atom stereocenters. The highest BCUT2D eigenvalue weighted by Gasteiger charge is 2.26. The van der Waals surface area contributed by atoms with Crippen molar-refractivity contribution in [3.05, 3.63) is 29.8 Å². The van der Waals surface area contributed by atoms with Crippen molar-refractivity contribution in [3.8, 4) is 0 Å². The summed E-state index contributed by atoms with van der Waals surface area (Å²) in [5.74, 6) is 0.941. The Balaban J connectivity index is 1.70. The van der Waals surface area contributed by atoms with Crippen LogP contribution in [0.3, 0.4) is 0 Å². The number of nitrogens with one attached hydrogen (secondary N) is 1. The van der Waals surface area contributed by atoms with Crippen LogP contribution in [0.5, 0.6) is 0 Å². The van der Waals surface area contributed by atoms with E-state index >= 15 is 0 Å². The van der Waals surface area contributed by atoms with Crippen LogP contribution in [0.1, 0.15) is 31.7 Å². The van der Waals surface area contributed by atoms with Gasteiger partial charge in [0.1, 0.15) is 0 Å². The minimum atomic E-state index is 0.165. The van der Waals surface area contributed by atoms with Gasteiger partial charge in [0.25, 0.3) is 0 Å². The number of hydrogen-bond acceptors (Lipinski definition) is 2. The Hall–Kier alpha value is -1.51. The van der Waals surface area contributed by atoms with E-state index in [1.807, 2.05) is 24.3 Å². The summed E-state index contributed by atoms with van der Waals surface area (Å²) in [6.07, 6.45) is 3.62. The first-order valence-corrected chi connectivity index (χ1v) is 6.27. The molecule has 3 heteroatoms. The zero-order chi connectivity index (χ0) is 12.3. The average Bonchev–Trinajstić information content (AvgIpc) is 2.26. The lowest BCUT2D eigenvalue weighted by atomic mass is 9.82.